The molecule has 0 spiro atoms. The van der Waals surface area contributed by atoms with Crippen molar-refractivity contribution in [2.45, 2.75) is 0 Å². The van der Waals surface area contributed by atoms with Crippen molar-refractivity contribution in [1.82, 2.24) is 24.3 Å². The number of hydrogen-bond acceptors (Lipinski definition) is 3. The van der Waals surface area contributed by atoms with Gasteiger partial charge in [-0.15, -0.1) is 0 Å². The Morgan fingerprint density at radius 3 is 2.95 bits per heavy atom. The molecule has 0 aliphatic rings. The van der Waals surface area contributed by atoms with E-state index in [0.717, 1.165) is 27.8 Å². The van der Waals surface area contributed by atoms with Gasteiger partial charge < -0.3 is 4.98 Å². The Labute approximate surface area is 113 Å². The maximum absolute atomic E-state index is 12.1. The van der Waals surface area contributed by atoms with E-state index in [4.69, 9.17) is 0 Å². The van der Waals surface area contributed by atoms with Gasteiger partial charge in [0.1, 0.15) is 0 Å². The van der Waals surface area contributed by atoms with Gasteiger partial charge in [0.25, 0.3) is 0 Å². The van der Waals surface area contributed by atoms with E-state index >= 15 is 0 Å². The average Bonchev–Trinajstić information content (AvgIpc) is 2.98. The third kappa shape index (κ3) is 1.41. The van der Waals surface area contributed by atoms with E-state index in [2.05, 4.69) is 15.1 Å². The smallest absolute Gasteiger partial charge is 0.305 e. The molecule has 0 atom stereocenters. The zero-order valence-electron chi connectivity index (χ0n) is 10.7. The molecule has 20 heavy (non-hydrogen) atoms. The van der Waals surface area contributed by atoms with Crippen molar-refractivity contribution in [2.24, 2.45) is 7.05 Å². The van der Waals surface area contributed by atoms with E-state index in [1.807, 2.05) is 37.4 Å². The fourth-order valence-electron chi connectivity index (χ4n) is 2.47. The van der Waals surface area contributed by atoms with E-state index in [0.29, 0.717) is 0 Å². The molecule has 0 aliphatic carbocycles. The largest absolute Gasteiger partial charge is 0.331 e. The number of pyridine rings is 1. The summed E-state index contributed by atoms with van der Waals surface area (Å²) in [6, 6.07) is 9.49. The van der Waals surface area contributed by atoms with Crippen molar-refractivity contribution in [2.75, 3.05) is 0 Å². The fourth-order valence-corrected chi connectivity index (χ4v) is 2.47. The molecule has 6 nitrogen and oxygen atoms in total. The van der Waals surface area contributed by atoms with E-state index in [1.54, 1.807) is 21.6 Å². The lowest BCUT2D eigenvalue weighted by Gasteiger charge is -2.03. The first-order valence-corrected chi connectivity index (χ1v) is 6.22. The first-order chi connectivity index (χ1) is 9.74. The second-order valence-corrected chi connectivity index (χ2v) is 4.66. The highest BCUT2D eigenvalue weighted by molar-refractivity contribution is 5.80. The summed E-state index contributed by atoms with van der Waals surface area (Å²) in [5.74, 6) is 0. The van der Waals surface area contributed by atoms with Gasteiger partial charge >= 0.3 is 5.69 Å². The maximum atomic E-state index is 12.1. The van der Waals surface area contributed by atoms with Gasteiger partial charge in [-0.1, -0.05) is 12.1 Å². The maximum Gasteiger partial charge on any atom is 0.331 e. The van der Waals surface area contributed by atoms with Crippen LogP contribution >= 0.6 is 0 Å². The SMILES string of the molecule is Cn1ncc2cc(-n3c(=O)[nH]c4ccccc43)cnc21. The van der Waals surface area contributed by atoms with E-state index < -0.39 is 0 Å². The van der Waals surface area contributed by atoms with Crippen LogP contribution in [-0.4, -0.2) is 24.3 Å². The van der Waals surface area contributed by atoms with Gasteiger partial charge in [0.15, 0.2) is 5.65 Å². The molecule has 4 rings (SSSR count). The van der Waals surface area contributed by atoms with Gasteiger partial charge in [-0.2, -0.15) is 5.10 Å². The topological polar surface area (TPSA) is 68.5 Å². The summed E-state index contributed by atoms with van der Waals surface area (Å²) in [4.78, 5) is 19.3. The first kappa shape index (κ1) is 11.0. The summed E-state index contributed by atoms with van der Waals surface area (Å²) in [7, 11) is 1.84. The van der Waals surface area contributed by atoms with Crippen LogP contribution in [0.1, 0.15) is 0 Å². The number of H-pyrrole nitrogens is 1. The van der Waals surface area contributed by atoms with Gasteiger partial charge in [0.05, 0.1) is 29.1 Å². The number of fused-ring (bicyclic) bond motifs is 2. The number of benzene rings is 1. The van der Waals surface area contributed by atoms with Crippen molar-refractivity contribution >= 4 is 22.1 Å². The monoisotopic (exact) mass is 265 g/mol. The molecule has 3 aromatic heterocycles. The van der Waals surface area contributed by atoms with Crippen LogP contribution < -0.4 is 5.69 Å². The molecule has 0 unspecified atom stereocenters. The van der Waals surface area contributed by atoms with Crippen molar-refractivity contribution in [3.05, 3.63) is 53.2 Å². The molecule has 0 amide bonds. The van der Waals surface area contributed by atoms with Gasteiger partial charge in [0, 0.05) is 12.4 Å². The number of aromatic amines is 1. The number of para-hydroxylation sites is 2. The second kappa shape index (κ2) is 3.80. The van der Waals surface area contributed by atoms with Crippen LogP contribution in [0.4, 0.5) is 0 Å². The number of rotatable bonds is 1. The molecular weight excluding hydrogens is 254 g/mol. The normalized spacial score (nSPS) is 11.4. The summed E-state index contributed by atoms with van der Waals surface area (Å²) in [5, 5.41) is 5.07. The lowest BCUT2D eigenvalue weighted by atomic mass is 10.3. The number of aryl methyl sites for hydroxylation is 1. The average molecular weight is 265 g/mol. The number of imidazole rings is 1. The van der Waals surface area contributed by atoms with Crippen LogP contribution in [0, 0.1) is 0 Å². The van der Waals surface area contributed by atoms with E-state index in [9.17, 15) is 4.79 Å². The minimum absolute atomic E-state index is 0.170. The lowest BCUT2D eigenvalue weighted by molar-refractivity contribution is 0.786. The molecule has 1 aromatic carbocycles. The van der Waals surface area contributed by atoms with Crippen molar-refractivity contribution < 1.29 is 0 Å². The van der Waals surface area contributed by atoms with Gasteiger partial charge in [-0.25, -0.2) is 9.78 Å². The number of hydrogen-bond donors (Lipinski definition) is 1. The van der Waals surface area contributed by atoms with Crippen LogP contribution in [0.2, 0.25) is 0 Å². The highest BCUT2D eigenvalue weighted by Crippen LogP contribution is 2.18. The molecule has 0 fully saturated rings. The minimum Gasteiger partial charge on any atom is -0.305 e. The zero-order chi connectivity index (χ0) is 13.7. The van der Waals surface area contributed by atoms with Gasteiger partial charge in [0.2, 0.25) is 0 Å². The molecule has 1 N–H and O–H groups in total. The molecule has 4 aromatic rings. The predicted molar refractivity (Wildman–Crippen MR) is 76.0 cm³/mol. The zero-order valence-corrected chi connectivity index (χ0v) is 10.7. The van der Waals surface area contributed by atoms with Crippen molar-refractivity contribution in [3.63, 3.8) is 0 Å². The molecule has 0 aliphatic heterocycles. The van der Waals surface area contributed by atoms with Crippen molar-refractivity contribution in [3.8, 4) is 5.69 Å². The van der Waals surface area contributed by atoms with Crippen LogP contribution in [0.25, 0.3) is 27.8 Å². The number of nitrogens with zero attached hydrogens (tertiary/aromatic N) is 4. The Bertz CT molecular complexity index is 992. The minimum atomic E-state index is -0.170. The Balaban J connectivity index is 2.05. The van der Waals surface area contributed by atoms with Crippen LogP contribution in [0.15, 0.2) is 47.5 Å². The summed E-state index contributed by atoms with van der Waals surface area (Å²) in [6.07, 6.45) is 3.43. The quantitative estimate of drug-likeness (QED) is 0.568. The Hall–Kier alpha value is -2.89. The third-order valence-electron chi connectivity index (χ3n) is 3.41. The highest BCUT2D eigenvalue weighted by Gasteiger charge is 2.10. The Morgan fingerprint density at radius 2 is 2.05 bits per heavy atom. The predicted octanol–water partition coefficient (Wildman–Crippen LogP) is 1.60. The lowest BCUT2D eigenvalue weighted by Crippen LogP contribution is -2.14. The highest BCUT2D eigenvalue weighted by atomic mass is 16.1. The summed E-state index contributed by atoms with van der Waals surface area (Å²) >= 11 is 0. The molecular formula is C14H11N5O. The molecule has 0 radical (unpaired) electrons. The van der Waals surface area contributed by atoms with E-state index in [1.165, 1.54) is 0 Å². The molecule has 6 heteroatoms. The molecule has 3 heterocycles. The fraction of sp³-hybridized carbons (Fsp3) is 0.0714. The van der Waals surface area contributed by atoms with Crippen molar-refractivity contribution in [1.29, 1.82) is 0 Å². The molecule has 0 saturated heterocycles. The standard InChI is InChI=1S/C14H11N5O/c1-18-13-9(7-16-18)6-10(8-15-13)19-12-5-3-2-4-11(12)17-14(19)20/h2-8H,1H3,(H,17,20). The first-order valence-electron chi connectivity index (χ1n) is 6.22. The van der Waals surface area contributed by atoms with Gasteiger partial charge in [-0.05, 0) is 18.2 Å². The Morgan fingerprint density at radius 1 is 1.20 bits per heavy atom. The second-order valence-electron chi connectivity index (χ2n) is 4.66. The van der Waals surface area contributed by atoms with E-state index in [-0.39, 0.29) is 5.69 Å². The molecule has 0 saturated carbocycles. The van der Waals surface area contributed by atoms with Gasteiger partial charge in [-0.3, -0.25) is 9.25 Å². The third-order valence-corrected chi connectivity index (χ3v) is 3.41. The number of nitrogens with one attached hydrogen (secondary N) is 1. The summed E-state index contributed by atoms with van der Waals surface area (Å²) in [5.41, 5.74) is 3.00. The number of aromatic nitrogens is 5. The summed E-state index contributed by atoms with van der Waals surface area (Å²) < 4.78 is 3.33. The summed E-state index contributed by atoms with van der Waals surface area (Å²) in [6.45, 7) is 0. The van der Waals surface area contributed by atoms with Crippen LogP contribution in [0.3, 0.4) is 0 Å². The van der Waals surface area contributed by atoms with Crippen LogP contribution in [-0.2, 0) is 7.05 Å². The molecule has 0 bridgehead atoms. The Kier molecular flexibility index (Phi) is 2.09. The molecule has 98 valence electrons. The van der Waals surface area contributed by atoms with Crippen LogP contribution in [0.5, 0.6) is 0 Å².